The summed E-state index contributed by atoms with van der Waals surface area (Å²) >= 11 is 1.37. The second-order valence-electron chi connectivity index (χ2n) is 2.65. The number of hydrogen-bond acceptors (Lipinski definition) is 4. The molecule has 2 heterocycles. The molecule has 2 aromatic rings. The quantitative estimate of drug-likeness (QED) is 0.517. The van der Waals surface area contributed by atoms with Gasteiger partial charge in [-0.15, -0.1) is 11.3 Å². The fourth-order valence-electron chi connectivity index (χ4n) is 1.27. The lowest BCUT2D eigenvalue weighted by atomic mass is 10.2. The number of aryl methyl sites for hydroxylation is 1. The zero-order chi connectivity index (χ0) is 9.42. The van der Waals surface area contributed by atoms with Gasteiger partial charge in [0.15, 0.2) is 0 Å². The van der Waals surface area contributed by atoms with Gasteiger partial charge in [-0.05, 0) is 13.0 Å². The van der Waals surface area contributed by atoms with Crippen molar-refractivity contribution in [2.24, 2.45) is 0 Å². The van der Waals surface area contributed by atoms with E-state index < -0.39 is 0 Å². The molecule has 0 saturated heterocycles. The van der Waals surface area contributed by atoms with Gasteiger partial charge in [0.1, 0.15) is 0 Å². The zero-order valence-corrected chi connectivity index (χ0v) is 7.67. The predicted octanol–water partition coefficient (Wildman–Crippen LogP) is 2.51. The van der Waals surface area contributed by atoms with Crippen molar-refractivity contribution in [2.75, 3.05) is 0 Å². The fraction of sp³-hybridized carbons (Fsp3) is 0.125. The lowest BCUT2D eigenvalue weighted by Crippen LogP contribution is -1.88. The minimum Gasteiger partial charge on any atom is -0.261 e. The molecule has 2 rings (SSSR count). The van der Waals surface area contributed by atoms with Crippen LogP contribution in [0.5, 0.6) is 0 Å². The van der Waals surface area contributed by atoms with Crippen molar-refractivity contribution in [3.05, 3.63) is 33.5 Å². The Hall–Kier alpha value is -1.49. The molecule has 0 spiro atoms. The number of pyridine rings is 1. The van der Waals surface area contributed by atoms with E-state index in [1.54, 1.807) is 24.6 Å². The van der Waals surface area contributed by atoms with Crippen LogP contribution in [0.1, 0.15) is 5.69 Å². The van der Waals surface area contributed by atoms with Crippen LogP contribution >= 0.6 is 11.3 Å². The molecule has 0 fully saturated rings. The van der Waals surface area contributed by atoms with Crippen LogP contribution < -0.4 is 0 Å². The van der Waals surface area contributed by atoms with Crippen molar-refractivity contribution < 1.29 is 4.92 Å². The van der Waals surface area contributed by atoms with E-state index >= 15 is 0 Å². The summed E-state index contributed by atoms with van der Waals surface area (Å²) in [7, 11) is 0. The van der Waals surface area contributed by atoms with Crippen LogP contribution in [0.2, 0.25) is 0 Å². The van der Waals surface area contributed by atoms with Crippen LogP contribution in [-0.4, -0.2) is 9.91 Å². The molecule has 13 heavy (non-hydrogen) atoms. The molecule has 2 aromatic heterocycles. The Morgan fingerprint density at radius 3 is 3.08 bits per heavy atom. The molecular weight excluding hydrogens is 188 g/mol. The summed E-state index contributed by atoms with van der Waals surface area (Å²) in [6.45, 7) is 1.78. The van der Waals surface area contributed by atoms with E-state index in [0.29, 0.717) is 11.1 Å². The largest absolute Gasteiger partial charge is 0.289 e. The van der Waals surface area contributed by atoms with Gasteiger partial charge in [-0.1, -0.05) is 0 Å². The highest BCUT2D eigenvalue weighted by Gasteiger charge is 2.15. The van der Waals surface area contributed by atoms with Crippen LogP contribution in [-0.2, 0) is 0 Å². The minimum atomic E-state index is -0.368. The second kappa shape index (κ2) is 2.77. The van der Waals surface area contributed by atoms with Gasteiger partial charge in [0.05, 0.1) is 21.4 Å². The Morgan fingerprint density at radius 1 is 1.62 bits per heavy atom. The summed E-state index contributed by atoms with van der Waals surface area (Å²) < 4.78 is 0.916. The maximum Gasteiger partial charge on any atom is 0.289 e. The Bertz CT molecular complexity index is 478. The predicted molar refractivity (Wildman–Crippen MR) is 51.0 cm³/mol. The first-order valence-corrected chi connectivity index (χ1v) is 4.55. The summed E-state index contributed by atoms with van der Waals surface area (Å²) in [5, 5.41) is 12.8. The molecular formula is C8H6N2O2S. The zero-order valence-electron chi connectivity index (χ0n) is 6.85. The fourth-order valence-corrected chi connectivity index (χ4v) is 2.22. The Labute approximate surface area is 78.0 Å². The Kier molecular flexibility index (Phi) is 1.73. The summed E-state index contributed by atoms with van der Waals surface area (Å²) in [4.78, 5) is 14.3. The maximum atomic E-state index is 10.6. The number of nitro groups is 1. The van der Waals surface area contributed by atoms with Gasteiger partial charge in [0, 0.05) is 10.9 Å². The first kappa shape index (κ1) is 8.12. The highest BCUT2D eigenvalue weighted by atomic mass is 32.1. The molecule has 0 radical (unpaired) electrons. The number of fused-ring (bicyclic) bond motifs is 1. The standard InChI is InChI=1S/C8H6N2O2S/c1-5-8-6(10(11)12)4-13-7(8)2-3-9-5/h2-4H,1H3. The molecule has 0 bridgehead atoms. The van der Waals surface area contributed by atoms with Crippen LogP contribution in [0.15, 0.2) is 17.6 Å². The van der Waals surface area contributed by atoms with E-state index in [2.05, 4.69) is 4.98 Å². The van der Waals surface area contributed by atoms with Crippen LogP contribution in [0, 0.1) is 17.0 Å². The van der Waals surface area contributed by atoms with Gasteiger partial charge in [0.2, 0.25) is 0 Å². The van der Waals surface area contributed by atoms with E-state index in [0.717, 1.165) is 4.70 Å². The van der Waals surface area contributed by atoms with E-state index in [9.17, 15) is 10.1 Å². The van der Waals surface area contributed by atoms with E-state index in [1.807, 2.05) is 0 Å². The molecule has 0 aromatic carbocycles. The average molecular weight is 194 g/mol. The lowest BCUT2D eigenvalue weighted by molar-refractivity contribution is -0.382. The Morgan fingerprint density at radius 2 is 2.38 bits per heavy atom. The smallest absolute Gasteiger partial charge is 0.261 e. The van der Waals surface area contributed by atoms with Gasteiger partial charge < -0.3 is 0 Å². The molecule has 5 heteroatoms. The summed E-state index contributed by atoms with van der Waals surface area (Å²) in [6.07, 6.45) is 1.66. The van der Waals surface area contributed by atoms with Crippen molar-refractivity contribution in [1.82, 2.24) is 4.98 Å². The SMILES string of the molecule is Cc1nccc2scc([N+](=O)[O-])c12. The van der Waals surface area contributed by atoms with Gasteiger partial charge in [-0.3, -0.25) is 15.1 Å². The number of aromatic nitrogens is 1. The normalized spacial score (nSPS) is 10.5. The molecule has 0 aliphatic carbocycles. The van der Waals surface area contributed by atoms with E-state index in [4.69, 9.17) is 0 Å². The Balaban J connectivity index is 2.86. The minimum absolute atomic E-state index is 0.158. The first-order chi connectivity index (χ1) is 6.20. The lowest BCUT2D eigenvalue weighted by Gasteiger charge is -1.93. The molecule has 0 aliphatic rings. The molecule has 0 N–H and O–H groups in total. The number of hydrogen-bond donors (Lipinski definition) is 0. The number of thiophene rings is 1. The van der Waals surface area contributed by atoms with Crippen molar-refractivity contribution in [2.45, 2.75) is 6.92 Å². The van der Waals surface area contributed by atoms with E-state index in [-0.39, 0.29) is 10.6 Å². The summed E-state index contributed by atoms with van der Waals surface area (Å²) in [5.41, 5.74) is 0.871. The van der Waals surface area contributed by atoms with Crippen molar-refractivity contribution in [1.29, 1.82) is 0 Å². The van der Waals surface area contributed by atoms with Crippen molar-refractivity contribution >= 4 is 27.1 Å². The molecule has 4 nitrogen and oxygen atoms in total. The highest BCUT2D eigenvalue weighted by molar-refractivity contribution is 7.17. The van der Waals surface area contributed by atoms with Crippen LogP contribution in [0.4, 0.5) is 5.69 Å². The van der Waals surface area contributed by atoms with Crippen LogP contribution in [0.25, 0.3) is 10.1 Å². The van der Waals surface area contributed by atoms with E-state index in [1.165, 1.54) is 11.3 Å². The third-order valence-electron chi connectivity index (χ3n) is 1.85. The number of rotatable bonds is 1. The van der Waals surface area contributed by atoms with Crippen molar-refractivity contribution in [3.8, 4) is 0 Å². The van der Waals surface area contributed by atoms with Crippen LogP contribution in [0.3, 0.4) is 0 Å². The summed E-state index contributed by atoms with van der Waals surface area (Å²) in [6, 6.07) is 1.79. The number of nitrogens with zero attached hydrogens (tertiary/aromatic N) is 2. The maximum absolute atomic E-state index is 10.6. The van der Waals surface area contributed by atoms with Gasteiger partial charge in [-0.2, -0.15) is 0 Å². The monoisotopic (exact) mass is 194 g/mol. The first-order valence-electron chi connectivity index (χ1n) is 3.67. The highest BCUT2D eigenvalue weighted by Crippen LogP contribution is 2.32. The van der Waals surface area contributed by atoms with Gasteiger partial charge in [-0.25, -0.2) is 0 Å². The third-order valence-corrected chi connectivity index (χ3v) is 2.79. The molecule has 0 atom stereocenters. The average Bonchev–Trinajstić information content (AvgIpc) is 2.49. The van der Waals surface area contributed by atoms with Gasteiger partial charge >= 0.3 is 0 Å². The third kappa shape index (κ3) is 1.17. The molecule has 0 aliphatic heterocycles. The molecule has 0 unspecified atom stereocenters. The molecule has 0 amide bonds. The molecule has 66 valence electrons. The molecule has 0 saturated carbocycles. The topological polar surface area (TPSA) is 56.0 Å². The second-order valence-corrected chi connectivity index (χ2v) is 3.56. The van der Waals surface area contributed by atoms with Gasteiger partial charge in [0.25, 0.3) is 5.69 Å². The van der Waals surface area contributed by atoms with Crippen molar-refractivity contribution in [3.63, 3.8) is 0 Å². The summed E-state index contributed by atoms with van der Waals surface area (Å²) in [5.74, 6) is 0.